The number of nitriles is 1. The SMILES string of the molecule is N#C/C(=C/Nc1ccc(Br)cc1)C(=O)NCCCCCC(=O)O. The third-order valence-corrected chi connectivity index (χ3v) is 3.47. The third kappa shape index (κ3) is 8.02. The van der Waals surface area contributed by atoms with E-state index in [1.807, 2.05) is 30.3 Å². The predicted octanol–water partition coefficient (Wildman–Crippen LogP) is 3.03. The second-order valence-corrected chi connectivity index (χ2v) is 5.70. The lowest BCUT2D eigenvalue weighted by Crippen LogP contribution is -2.26. The average molecular weight is 380 g/mol. The molecule has 0 aliphatic heterocycles. The maximum Gasteiger partial charge on any atom is 0.303 e. The summed E-state index contributed by atoms with van der Waals surface area (Å²) in [5.74, 6) is -1.27. The first-order valence-corrected chi connectivity index (χ1v) is 7.94. The zero-order chi connectivity index (χ0) is 17.1. The third-order valence-electron chi connectivity index (χ3n) is 2.95. The maximum absolute atomic E-state index is 11.8. The molecule has 3 N–H and O–H groups in total. The molecule has 0 atom stereocenters. The van der Waals surface area contributed by atoms with Gasteiger partial charge in [-0.25, -0.2) is 0 Å². The van der Waals surface area contributed by atoms with Crippen LogP contribution in [0.1, 0.15) is 25.7 Å². The van der Waals surface area contributed by atoms with Gasteiger partial charge in [-0.2, -0.15) is 5.26 Å². The monoisotopic (exact) mass is 379 g/mol. The van der Waals surface area contributed by atoms with Crippen LogP contribution in [-0.4, -0.2) is 23.5 Å². The minimum Gasteiger partial charge on any atom is -0.481 e. The molecule has 0 saturated carbocycles. The highest BCUT2D eigenvalue weighted by Gasteiger charge is 2.07. The van der Waals surface area contributed by atoms with E-state index in [4.69, 9.17) is 10.4 Å². The fourth-order valence-electron chi connectivity index (χ4n) is 1.73. The van der Waals surface area contributed by atoms with E-state index in [1.165, 1.54) is 6.20 Å². The summed E-state index contributed by atoms with van der Waals surface area (Å²) in [5.41, 5.74) is 0.751. The van der Waals surface area contributed by atoms with E-state index in [1.54, 1.807) is 0 Å². The van der Waals surface area contributed by atoms with E-state index >= 15 is 0 Å². The second-order valence-electron chi connectivity index (χ2n) is 4.78. The van der Waals surface area contributed by atoms with Crippen molar-refractivity contribution >= 4 is 33.5 Å². The van der Waals surface area contributed by atoms with Gasteiger partial charge >= 0.3 is 5.97 Å². The number of halogens is 1. The number of unbranched alkanes of at least 4 members (excludes halogenated alkanes) is 2. The molecular formula is C16H18BrN3O3. The summed E-state index contributed by atoms with van der Waals surface area (Å²) < 4.78 is 0.938. The highest BCUT2D eigenvalue weighted by atomic mass is 79.9. The zero-order valence-electron chi connectivity index (χ0n) is 12.5. The molecule has 0 bridgehead atoms. The molecule has 1 amide bonds. The highest BCUT2D eigenvalue weighted by Crippen LogP contribution is 2.14. The Hall–Kier alpha value is -2.33. The lowest BCUT2D eigenvalue weighted by Gasteiger charge is -2.05. The molecule has 0 saturated heterocycles. The number of carbonyl (C=O) groups is 2. The molecule has 0 fully saturated rings. The largest absolute Gasteiger partial charge is 0.481 e. The van der Waals surface area contributed by atoms with Crippen LogP contribution in [0.3, 0.4) is 0 Å². The predicted molar refractivity (Wildman–Crippen MR) is 90.6 cm³/mol. The van der Waals surface area contributed by atoms with E-state index in [2.05, 4.69) is 26.6 Å². The molecule has 7 heteroatoms. The lowest BCUT2D eigenvalue weighted by molar-refractivity contribution is -0.137. The molecule has 0 heterocycles. The van der Waals surface area contributed by atoms with Gasteiger partial charge < -0.3 is 15.7 Å². The van der Waals surface area contributed by atoms with Crippen molar-refractivity contribution in [3.8, 4) is 6.07 Å². The Bertz CT molecular complexity index is 606. The van der Waals surface area contributed by atoms with Crippen molar-refractivity contribution in [3.63, 3.8) is 0 Å². The summed E-state index contributed by atoms with van der Waals surface area (Å²) in [4.78, 5) is 22.2. The number of nitrogens with zero attached hydrogens (tertiary/aromatic N) is 1. The second kappa shape index (κ2) is 10.4. The van der Waals surface area contributed by atoms with Crippen LogP contribution in [0.5, 0.6) is 0 Å². The van der Waals surface area contributed by atoms with Gasteiger partial charge in [0.2, 0.25) is 0 Å². The molecule has 0 aromatic heterocycles. The molecule has 0 radical (unpaired) electrons. The van der Waals surface area contributed by atoms with Gasteiger partial charge in [0, 0.05) is 29.3 Å². The van der Waals surface area contributed by atoms with Gasteiger partial charge in [-0.3, -0.25) is 9.59 Å². The molecule has 1 rings (SSSR count). The van der Waals surface area contributed by atoms with E-state index in [9.17, 15) is 9.59 Å². The first-order valence-electron chi connectivity index (χ1n) is 7.15. The molecule has 1 aromatic rings. The molecule has 0 aliphatic rings. The number of aliphatic carboxylic acids is 1. The number of amides is 1. The molecule has 0 spiro atoms. The zero-order valence-corrected chi connectivity index (χ0v) is 14.1. The first kappa shape index (κ1) is 18.7. The van der Waals surface area contributed by atoms with Crippen LogP contribution >= 0.6 is 15.9 Å². The number of carboxylic acid groups (broad SMARTS) is 1. The number of anilines is 1. The van der Waals surface area contributed by atoms with Crippen molar-refractivity contribution < 1.29 is 14.7 Å². The van der Waals surface area contributed by atoms with E-state index < -0.39 is 11.9 Å². The molecule has 6 nitrogen and oxygen atoms in total. The van der Waals surface area contributed by atoms with Gasteiger partial charge in [0.15, 0.2) is 0 Å². The number of rotatable bonds is 9. The Morgan fingerprint density at radius 2 is 1.91 bits per heavy atom. The Morgan fingerprint density at radius 1 is 1.22 bits per heavy atom. The molecule has 23 heavy (non-hydrogen) atoms. The van der Waals surface area contributed by atoms with Gasteiger partial charge in [0.25, 0.3) is 5.91 Å². The Kier molecular flexibility index (Phi) is 8.47. The summed E-state index contributed by atoms with van der Waals surface area (Å²) in [7, 11) is 0. The summed E-state index contributed by atoms with van der Waals surface area (Å²) in [6, 6.07) is 9.17. The highest BCUT2D eigenvalue weighted by molar-refractivity contribution is 9.10. The Morgan fingerprint density at radius 3 is 2.52 bits per heavy atom. The maximum atomic E-state index is 11.8. The fourth-order valence-corrected chi connectivity index (χ4v) is 1.99. The minimum absolute atomic E-state index is 0.0153. The van der Waals surface area contributed by atoms with Crippen LogP contribution in [-0.2, 0) is 9.59 Å². The van der Waals surface area contributed by atoms with Crippen molar-refractivity contribution in [1.82, 2.24) is 5.32 Å². The number of carbonyl (C=O) groups excluding carboxylic acids is 1. The quantitative estimate of drug-likeness (QED) is 0.347. The summed E-state index contributed by atoms with van der Waals surface area (Å²) in [5, 5.41) is 23.1. The smallest absolute Gasteiger partial charge is 0.303 e. The van der Waals surface area contributed by atoms with Gasteiger partial charge in [-0.1, -0.05) is 22.4 Å². The van der Waals surface area contributed by atoms with Crippen LogP contribution < -0.4 is 10.6 Å². The minimum atomic E-state index is -0.817. The summed E-state index contributed by atoms with van der Waals surface area (Å²) in [6.45, 7) is 0.412. The lowest BCUT2D eigenvalue weighted by atomic mass is 10.2. The van der Waals surface area contributed by atoms with Crippen LogP contribution in [0, 0.1) is 11.3 Å². The van der Waals surface area contributed by atoms with Crippen LogP contribution in [0.4, 0.5) is 5.69 Å². The van der Waals surface area contributed by atoms with Crippen molar-refractivity contribution in [2.75, 3.05) is 11.9 Å². The molecule has 0 aliphatic carbocycles. The molecule has 1 aromatic carbocycles. The first-order chi connectivity index (χ1) is 11.0. The summed E-state index contributed by atoms with van der Waals surface area (Å²) in [6.07, 6.45) is 3.47. The van der Waals surface area contributed by atoms with Gasteiger partial charge in [-0.05, 0) is 37.1 Å². The Labute approximate surface area is 143 Å². The van der Waals surface area contributed by atoms with E-state index in [0.717, 1.165) is 16.6 Å². The number of carboxylic acids is 1. The Balaban J connectivity index is 2.36. The standard InChI is InChI=1S/C16H18BrN3O3/c17-13-5-7-14(8-6-13)20-11-12(10-18)16(23)19-9-3-1-2-4-15(21)22/h5-8,11,20H,1-4,9H2,(H,19,23)(H,21,22)/b12-11-. The normalized spacial score (nSPS) is 10.7. The van der Waals surface area contributed by atoms with Crippen LogP contribution in [0.25, 0.3) is 0 Å². The van der Waals surface area contributed by atoms with Crippen LogP contribution in [0.15, 0.2) is 40.5 Å². The van der Waals surface area contributed by atoms with Gasteiger partial charge in [-0.15, -0.1) is 0 Å². The van der Waals surface area contributed by atoms with Crippen molar-refractivity contribution in [1.29, 1.82) is 5.26 Å². The molecule has 0 unspecified atom stereocenters. The number of benzene rings is 1. The van der Waals surface area contributed by atoms with Crippen molar-refractivity contribution in [2.24, 2.45) is 0 Å². The van der Waals surface area contributed by atoms with Crippen molar-refractivity contribution in [2.45, 2.75) is 25.7 Å². The number of hydrogen-bond acceptors (Lipinski definition) is 4. The van der Waals surface area contributed by atoms with E-state index in [0.29, 0.717) is 19.4 Å². The van der Waals surface area contributed by atoms with Gasteiger partial charge in [0.1, 0.15) is 11.6 Å². The average Bonchev–Trinajstić information content (AvgIpc) is 2.52. The number of hydrogen-bond donors (Lipinski definition) is 3. The molecular weight excluding hydrogens is 362 g/mol. The number of nitrogens with one attached hydrogen (secondary N) is 2. The van der Waals surface area contributed by atoms with Gasteiger partial charge in [0.05, 0.1) is 0 Å². The molecule has 122 valence electrons. The van der Waals surface area contributed by atoms with Crippen LogP contribution in [0.2, 0.25) is 0 Å². The fraction of sp³-hybridized carbons (Fsp3) is 0.312. The topological polar surface area (TPSA) is 102 Å². The van der Waals surface area contributed by atoms with Crippen molar-refractivity contribution in [3.05, 3.63) is 40.5 Å². The summed E-state index contributed by atoms with van der Waals surface area (Å²) >= 11 is 3.32. The van der Waals surface area contributed by atoms with E-state index in [-0.39, 0.29) is 12.0 Å².